The number of aliphatic imine (C=N–C) groups is 1. The molecule has 9 heteroatoms. The smallest absolute Gasteiger partial charge is 0.226 e. The van der Waals surface area contributed by atoms with Crippen LogP contribution < -0.4 is 25.4 Å². The highest BCUT2D eigenvalue weighted by Crippen LogP contribution is 2.27. The topological polar surface area (TPSA) is 84.0 Å². The molecule has 176 valence electrons. The number of ether oxygens (including phenoxy) is 2. The third-order valence-electron chi connectivity index (χ3n) is 4.65. The van der Waals surface area contributed by atoms with Crippen LogP contribution in [-0.4, -0.2) is 45.7 Å². The maximum atomic E-state index is 12.2. The van der Waals surface area contributed by atoms with Crippen molar-refractivity contribution in [2.24, 2.45) is 4.99 Å². The van der Waals surface area contributed by atoms with E-state index >= 15 is 0 Å². The molecule has 2 aromatic rings. The number of anilines is 1. The summed E-state index contributed by atoms with van der Waals surface area (Å²) in [6.07, 6.45) is 1.07. The van der Waals surface area contributed by atoms with Gasteiger partial charge in [0.25, 0.3) is 0 Å². The van der Waals surface area contributed by atoms with E-state index in [9.17, 15) is 4.79 Å². The van der Waals surface area contributed by atoms with E-state index in [1.807, 2.05) is 44.2 Å². The number of hydrogen-bond acceptors (Lipinski definition) is 4. The van der Waals surface area contributed by atoms with Gasteiger partial charge < -0.3 is 25.4 Å². The van der Waals surface area contributed by atoms with E-state index in [1.165, 1.54) is 0 Å². The zero-order valence-electron chi connectivity index (χ0n) is 19.0. The van der Waals surface area contributed by atoms with Gasteiger partial charge in [0.15, 0.2) is 17.5 Å². The number of benzene rings is 2. The highest BCUT2D eigenvalue weighted by Gasteiger charge is 2.07. The van der Waals surface area contributed by atoms with Crippen LogP contribution in [0.5, 0.6) is 11.5 Å². The Morgan fingerprint density at radius 2 is 1.84 bits per heavy atom. The first-order valence-corrected chi connectivity index (χ1v) is 10.6. The molecule has 3 N–H and O–H groups in total. The maximum Gasteiger partial charge on any atom is 0.226 e. The normalized spacial score (nSPS) is 10.7. The lowest BCUT2D eigenvalue weighted by Gasteiger charge is -2.13. The SMILES string of the molecule is CCNC(=NCCC(=O)Nc1cccc(Cl)c1C)NCCc1ccc(OC)c(OC)c1.I. The van der Waals surface area contributed by atoms with Crippen molar-refractivity contribution < 1.29 is 14.3 Å². The van der Waals surface area contributed by atoms with Gasteiger partial charge in [-0.2, -0.15) is 0 Å². The average molecular weight is 575 g/mol. The number of carbonyl (C=O) groups is 1. The fourth-order valence-electron chi connectivity index (χ4n) is 2.93. The first-order valence-electron chi connectivity index (χ1n) is 10.3. The molecule has 0 heterocycles. The predicted octanol–water partition coefficient (Wildman–Crippen LogP) is 4.41. The molecule has 0 saturated carbocycles. The Balaban J connectivity index is 0.00000512. The molecule has 0 spiro atoms. The molecule has 1 amide bonds. The van der Waals surface area contributed by atoms with Crippen molar-refractivity contribution in [3.05, 3.63) is 52.5 Å². The van der Waals surface area contributed by atoms with Gasteiger partial charge in [0, 0.05) is 30.2 Å². The summed E-state index contributed by atoms with van der Waals surface area (Å²) < 4.78 is 10.6. The van der Waals surface area contributed by atoms with Gasteiger partial charge in [-0.1, -0.05) is 23.7 Å². The summed E-state index contributed by atoms with van der Waals surface area (Å²) in [6, 6.07) is 11.3. The van der Waals surface area contributed by atoms with Crippen LogP contribution in [0.4, 0.5) is 5.69 Å². The highest BCUT2D eigenvalue weighted by atomic mass is 127. The van der Waals surface area contributed by atoms with Gasteiger partial charge in [0.05, 0.1) is 20.8 Å². The van der Waals surface area contributed by atoms with Crippen molar-refractivity contribution in [1.29, 1.82) is 0 Å². The zero-order valence-corrected chi connectivity index (χ0v) is 22.0. The lowest BCUT2D eigenvalue weighted by molar-refractivity contribution is -0.116. The van der Waals surface area contributed by atoms with E-state index in [2.05, 4.69) is 20.9 Å². The van der Waals surface area contributed by atoms with Crippen LogP contribution in [0.25, 0.3) is 0 Å². The molecule has 32 heavy (non-hydrogen) atoms. The Morgan fingerprint density at radius 3 is 2.53 bits per heavy atom. The van der Waals surface area contributed by atoms with Crippen LogP contribution in [0.3, 0.4) is 0 Å². The Hall–Kier alpha value is -2.20. The number of guanidine groups is 1. The van der Waals surface area contributed by atoms with Crippen molar-refractivity contribution in [3.63, 3.8) is 0 Å². The van der Waals surface area contributed by atoms with Gasteiger partial charge in [-0.05, 0) is 55.7 Å². The minimum absolute atomic E-state index is 0. The van der Waals surface area contributed by atoms with Crippen molar-refractivity contribution in [2.75, 3.05) is 39.2 Å². The summed E-state index contributed by atoms with van der Waals surface area (Å²) in [4.78, 5) is 16.7. The van der Waals surface area contributed by atoms with E-state index in [1.54, 1.807) is 20.3 Å². The number of nitrogens with one attached hydrogen (secondary N) is 3. The summed E-state index contributed by atoms with van der Waals surface area (Å²) in [5.41, 5.74) is 2.70. The van der Waals surface area contributed by atoms with Gasteiger partial charge in [-0.25, -0.2) is 0 Å². The van der Waals surface area contributed by atoms with Gasteiger partial charge in [0.2, 0.25) is 5.91 Å². The Morgan fingerprint density at radius 1 is 1.09 bits per heavy atom. The van der Waals surface area contributed by atoms with Crippen molar-refractivity contribution in [3.8, 4) is 11.5 Å². The van der Waals surface area contributed by atoms with E-state index < -0.39 is 0 Å². The lowest BCUT2D eigenvalue weighted by atomic mass is 10.1. The quantitative estimate of drug-likeness (QED) is 0.222. The Bertz CT molecular complexity index is 909. The fourth-order valence-corrected chi connectivity index (χ4v) is 3.10. The molecule has 0 saturated heterocycles. The summed E-state index contributed by atoms with van der Waals surface area (Å²) in [6.45, 7) is 5.67. The number of nitrogens with zero attached hydrogens (tertiary/aromatic N) is 1. The zero-order chi connectivity index (χ0) is 22.6. The monoisotopic (exact) mass is 574 g/mol. The third-order valence-corrected chi connectivity index (χ3v) is 5.06. The second kappa shape index (κ2) is 14.8. The van der Waals surface area contributed by atoms with E-state index in [0.717, 1.165) is 29.8 Å². The number of halogens is 2. The predicted molar refractivity (Wildman–Crippen MR) is 142 cm³/mol. The first-order chi connectivity index (χ1) is 15.0. The third kappa shape index (κ3) is 8.74. The minimum atomic E-state index is -0.102. The van der Waals surface area contributed by atoms with Gasteiger partial charge in [0.1, 0.15) is 0 Å². The van der Waals surface area contributed by atoms with Gasteiger partial charge in [-0.15, -0.1) is 24.0 Å². The molecule has 0 bridgehead atoms. The van der Waals surface area contributed by atoms with E-state index in [0.29, 0.717) is 35.6 Å². The molecule has 0 aliphatic rings. The average Bonchev–Trinajstić information content (AvgIpc) is 2.76. The number of amides is 1. The van der Waals surface area contributed by atoms with Gasteiger partial charge in [-0.3, -0.25) is 9.79 Å². The van der Waals surface area contributed by atoms with Crippen molar-refractivity contribution in [2.45, 2.75) is 26.7 Å². The van der Waals surface area contributed by atoms with Crippen molar-refractivity contribution >= 4 is 53.1 Å². The molecule has 0 atom stereocenters. The standard InChI is InChI=1S/C23H31ClN4O3.HI/c1-5-25-23(26-13-11-17-9-10-20(30-3)21(15-17)31-4)27-14-12-22(29)28-19-8-6-7-18(24)16(19)2;/h6-10,15H,5,11-14H2,1-4H3,(H,28,29)(H2,25,26,27);1H. The highest BCUT2D eigenvalue weighted by molar-refractivity contribution is 14.0. The molecule has 0 aromatic heterocycles. The van der Waals surface area contributed by atoms with Crippen LogP contribution in [0.1, 0.15) is 24.5 Å². The molecule has 0 aliphatic carbocycles. The van der Waals surface area contributed by atoms with E-state index in [-0.39, 0.29) is 36.3 Å². The largest absolute Gasteiger partial charge is 0.493 e. The molecule has 2 rings (SSSR count). The summed E-state index contributed by atoms with van der Waals surface area (Å²) in [7, 11) is 3.24. The summed E-state index contributed by atoms with van der Waals surface area (Å²) in [5, 5.41) is 10.0. The second-order valence-electron chi connectivity index (χ2n) is 6.84. The fraction of sp³-hybridized carbons (Fsp3) is 0.391. The van der Waals surface area contributed by atoms with Crippen LogP contribution in [0, 0.1) is 6.92 Å². The lowest BCUT2D eigenvalue weighted by Crippen LogP contribution is -2.38. The van der Waals surface area contributed by atoms with Gasteiger partial charge >= 0.3 is 0 Å². The molecule has 0 fully saturated rings. The minimum Gasteiger partial charge on any atom is -0.493 e. The number of rotatable bonds is 10. The molecule has 0 aliphatic heterocycles. The second-order valence-corrected chi connectivity index (χ2v) is 7.24. The molecule has 2 aromatic carbocycles. The van der Waals surface area contributed by atoms with Crippen LogP contribution >= 0.6 is 35.6 Å². The molecular weight excluding hydrogens is 543 g/mol. The number of methoxy groups -OCH3 is 2. The van der Waals surface area contributed by atoms with Crippen LogP contribution in [-0.2, 0) is 11.2 Å². The summed E-state index contributed by atoms with van der Waals surface area (Å²) >= 11 is 6.10. The Labute approximate surface area is 212 Å². The molecular formula is C23H32ClIN4O3. The number of hydrogen-bond donors (Lipinski definition) is 3. The van der Waals surface area contributed by atoms with Crippen molar-refractivity contribution in [1.82, 2.24) is 10.6 Å². The maximum absolute atomic E-state index is 12.2. The summed E-state index contributed by atoms with van der Waals surface area (Å²) in [5.74, 6) is 1.99. The van der Waals surface area contributed by atoms with Crippen LogP contribution in [0.2, 0.25) is 5.02 Å². The van der Waals surface area contributed by atoms with Crippen LogP contribution in [0.15, 0.2) is 41.4 Å². The molecule has 0 unspecified atom stereocenters. The Kier molecular flexibility index (Phi) is 12.9. The number of carbonyl (C=O) groups excluding carboxylic acids is 1. The molecule has 7 nitrogen and oxygen atoms in total. The molecule has 0 radical (unpaired) electrons. The van der Waals surface area contributed by atoms with E-state index in [4.69, 9.17) is 21.1 Å². The first kappa shape index (κ1) is 27.8.